The number of carbonyl (C=O) groups is 2. The fraction of sp³-hybridized carbons (Fsp3) is 0.500. The topological polar surface area (TPSA) is 69.6 Å². The molecule has 0 radical (unpaired) electrons. The van der Waals surface area contributed by atoms with Crippen molar-refractivity contribution in [3.8, 4) is 0 Å². The second-order valence-electron chi connectivity index (χ2n) is 5.31. The zero-order chi connectivity index (χ0) is 15.8. The van der Waals surface area contributed by atoms with Gasteiger partial charge in [-0.05, 0) is 17.9 Å². The molecular formula is C16H24N2O3. The average Bonchev–Trinajstić information content (AvgIpc) is 2.49. The number of carboxylic acids is 1. The molecule has 2 N–H and O–H groups in total. The minimum absolute atomic E-state index is 0.103. The maximum Gasteiger partial charge on any atom is 0.326 e. The summed E-state index contributed by atoms with van der Waals surface area (Å²) in [6.45, 7) is 4.28. The number of urea groups is 1. The van der Waals surface area contributed by atoms with Gasteiger partial charge in [0.2, 0.25) is 0 Å². The Balaban J connectivity index is 2.51. The van der Waals surface area contributed by atoms with E-state index in [4.69, 9.17) is 0 Å². The van der Waals surface area contributed by atoms with E-state index >= 15 is 0 Å². The summed E-state index contributed by atoms with van der Waals surface area (Å²) in [5, 5.41) is 11.8. The Morgan fingerprint density at radius 3 is 2.43 bits per heavy atom. The zero-order valence-electron chi connectivity index (χ0n) is 12.9. The normalized spacial score (nSPS) is 13.3. The molecule has 0 saturated carbocycles. The lowest BCUT2D eigenvalue weighted by Gasteiger charge is -2.24. The minimum atomic E-state index is -0.992. The Hall–Kier alpha value is -2.04. The van der Waals surface area contributed by atoms with Crippen LogP contribution in [0.25, 0.3) is 0 Å². The highest BCUT2D eigenvalue weighted by molar-refractivity contribution is 5.82. The van der Waals surface area contributed by atoms with Crippen LogP contribution in [0.5, 0.6) is 0 Å². The third-order valence-corrected chi connectivity index (χ3v) is 3.68. The first-order chi connectivity index (χ1) is 9.95. The van der Waals surface area contributed by atoms with Gasteiger partial charge in [-0.15, -0.1) is 0 Å². The van der Waals surface area contributed by atoms with Gasteiger partial charge >= 0.3 is 12.0 Å². The number of carboxylic acid groups (broad SMARTS) is 1. The van der Waals surface area contributed by atoms with Crippen molar-refractivity contribution in [1.82, 2.24) is 10.2 Å². The highest BCUT2D eigenvalue weighted by Crippen LogP contribution is 2.08. The van der Waals surface area contributed by atoms with Crippen LogP contribution in [0.1, 0.15) is 25.8 Å². The lowest BCUT2D eigenvalue weighted by Crippen LogP contribution is -2.49. The Morgan fingerprint density at radius 1 is 1.29 bits per heavy atom. The first-order valence-corrected chi connectivity index (χ1v) is 7.24. The molecule has 0 heterocycles. The van der Waals surface area contributed by atoms with Crippen molar-refractivity contribution in [2.24, 2.45) is 5.92 Å². The van der Waals surface area contributed by atoms with Crippen LogP contribution in [0.4, 0.5) is 4.79 Å². The number of rotatable bonds is 7. The van der Waals surface area contributed by atoms with E-state index in [0.717, 1.165) is 12.0 Å². The predicted molar refractivity (Wildman–Crippen MR) is 82.2 cm³/mol. The summed E-state index contributed by atoms with van der Waals surface area (Å²) >= 11 is 0. The summed E-state index contributed by atoms with van der Waals surface area (Å²) in [5.74, 6) is -1.09. The van der Waals surface area contributed by atoms with Gasteiger partial charge in [0.15, 0.2) is 0 Å². The van der Waals surface area contributed by atoms with Gasteiger partial charge in [-0.1, -0.05) is 50.6 Å². The molecular weight excluding hydrogens is 268 g/mol. The molecule has 21 heavy (non-hydrogen) atoms. The average molecular weight is 292 g/mol. The number of likely N-dealkylation sites (N-methyl/N-ethyl adjacent to an activating group) is 1. The summed E-state index contributed by atoms with van der Waals surface area (Å²) in [7, 11) is 1.67. The van der Waals surface area contributed by atoms with E-state index in [1.807, 2.05) is 44.2 Å². The molecule has 0 spiro atoms. The van der Waals surface area contributed by atoms with Crippen molar-refractivity contribution in [3.63, 3.8) is 0 Å². The number of nitrogens with zero attached hydrogens (tertiary/aromatic N) is 1. The van der Waals surface area contributed by atoms with E-state index in [1.54, 1.807) is 7.05 Å². The second kappa shape index (κ2) is 8.29. The van der Waals surface area contributed by atoms with Gasteiger partial charge in [-0.25, -0.2) is 9.59 Å². The van der Waals surface area contributed by atoms with Crippen LogP contribution >= 0.6 is 0 Å². The number of hydrogen-bond donors (Lipinski definition) is 2. The van der Waals surface area contributed by atoms with Crippen molar-refractivity contribution in [2.75, 3.05) is 13.6 Å². The van der Waals surface area contributed by atoms with Crippen LogP contribution in [0.2, 0.25) is 0 Å². The van der Waals surface area contributed by atoms with Gasteiger partial charge in [0.05, 0.1) is 0 Å². The highest BCUT2D eigenvalue weighted by atomic mass is 16.4. The number of amides is 2. The molecule has 116 valence electrons. The smallest absolute Gasteiger partial charge is 0.326 e. The molecule has 0 aromatic heterocycles. The first kappa shape index (κ1) is 17.0. The van der Waals surface area contributed by atoms with E-state index in [0.29, 0.717) is 13.0 Å². The fourth-order valence-electron chi connectivity index (χ4n) is 1.97. The standard InChI is InChI=1S/C16H24N2O3/c1-4-12(2)14(15(19)20)17-16(21)18(3)11-10-13-8-6-5-7-9-13/h5-9,12,14H,4,10-11H2,1-3H3,(H,17,21)(H,19,20)/t12?,14-/m0/s1. The van der Waals surface area contributed by atoms with Crippen molar-refractivity contribution in [3.05, 3.63) is 35.9 Å². The SMILES string of the molecule is CCC(C)[C@H](NC(=O)N(C)CCc1ccccc1)C(=O)O. The third-order valence-electron chi connectivity index (χ3n) is 3.68. The van der Waals surface area contributed by atoms with Crippen LogP contribution in [0.3, 0.4) is 0 Å². The third kappa shape index (κ3) is 5.45. The second-order valence-corrected chi connectivity index (χ2v) is 5.31. The number of benzene rings is 1. The molecule has 0 bridgehead atoms. The Bertz CT molecular complexity index is 462. The van der Waals surface area contributed by atoms with Crippen LogP contribution in [-0.4, -0.2) is 41.6 Å². The number of aliphatic carboxylic acids is 1. The number of carbonyl (C=O) groups excluding carboxylic acids is 1. The number of hydrogen-bond acceptors (Lipinski definition) is 2. The Labute approximate surface area is 126 Å². The number of nitrogens with one attached hydrogen (secondary N) is 1. The molecule has 5 nitrogen and oxygen atoms in total. The molecule has 1 unspecified atom stereocenters. The van der Waals surface area contributed by atoms with Crippen molar-refractivity contribution in [1.29, 1.82) is 0 Å². The molecule has 0 aliphatic heterocycles. The van der Waals surface area contributed by atoms with Crippen molar-refractivity contribution in [2.45, 2.75) is 32.7 Å². The molecule has 1 rings (SSSR count). The molecule has 0 aliphatic carbocycles. The van der Waals surface area contributed by atoms with E-state index in [9.17, 15) is 14.7 Å². The maximum absolute atomic E-state index is 12.1. The summed E-state index contributed by atoms with van der Waals surface area (Å²) in [5.41, 5.74) is 1.15. The fourth-order valence-corrected chi connectivity index (χ4v) is 1.97. The van der Waals surface area contributed by atoms with Crippen molar-refractivity contribution < 1.29 is 14.7 Å². The van der Waals surface area contributed by atoms with Crippen LogP contribution in [-0.2, 0) is 11.2 Å². The first-order valence-electron chi connectivity index (χ1n) is 7.24. The van der Waals surface area contributed by atoms with Gasteiger partial charge in [0, 0.05) is 13.6 Å². The molecule has 2 amide bonds. The summed E-state index contributed by atoms with van der Waals surface area (Å²) < 4.78 is 0. The van der Waals surface area contributed by atoms with Gasteiger partial charge in [0.25, 0.3) is 0 Å². The van der Waals surface area contributed by atoms with Crippen LogP contribution < -0.4 is 5.32 Å². The van der Waals surface area contributed by atoms with Gasteiger partial charge in [-0.3, -0.25) is 0 Å². The van der Waals surface area contributed by atoms with Crippen molar-refractivity contribution >= 4 is 12.0 Å². The van der Waals surface area contributed by atoms with Gasteiger partial charge in [0.1, 0.15) is 6.04 Å². The van der Waals surface area contributed by atoms with Gasteiger partial charge < -0.3 is 15.3 Å². The quantitative estimate of drug-likeness (QED) is 0.810. The highest BCUT2D eigenvalue weighted by Gasteiger charge is 2.26. The monoisotopic (exact) mass is 292 g/mol. The van der Waals surface area contributed by atoms with E-state index < -0.39 is 12.0 Å². The predicted octanol–water partition coefficient (Wildman–Crippen LogP) is 2.37. The molecule has 1 aromatic rings. The van der Waals surface area contributed by atoms with Crippen LogP contribution in [0, 0.1) is 5.92 Å². The summed E-state index contributed by atoms with van der Waals surface area (Å²) in [6.07, 6.45) is 1.44. The lowest BCUT2D eigenvalue weighted by atomic mass is 9.99. The largest absolute Gasteiger partial charge is 0.480 e. The maximum atomic E-state index is 12.1. The molecule has 1 aromatic carbocycles. The van der Waals surface area contributed by atoms with Gasteiger partial charge in [-0.2, -0.15) is 0 Å². The van der Waals surface area contributed by atoms with E-state index in [2.05, 4.69) is 5.32 Å². The molecule has 0 fully saturated rings. The molecule has 2 atom stereocenters. The molecule has 0 saturated heterocycles. The lowest BCUT2D eigenvalue weighted by molar-refractivity contribution is -0.140. The molecule has 0 aliphatic rings. The van der Waals surface area contributed by atoms with E-state index in [-0.39, 0.29) is 11.9 Å². The summed E-state index contributed by atoms with van der Waals surface area (Å²) in [6, 6.07) is 8.68. The summed E-state index contributed by atoms with van der Waals surface area (Å²) in [4.78, 5) is 24.8. The minimum Gasteiger partial charge on any atom is -0.480 e. The van der Waals surface area contributed by atoms with Crippen LogP contribution in [0.15, 0.2) is 30.3 Å². The Morgan fingerprint density at radius 2 is 1.90 bits per heavy atom. The zero-order valence-corrected chi connectivity index (χ0v) is 12.9. The molecule has 5 heteroatoms. The Kier molecular flexibility index (Phi) is 6.72. The van der Waals surface area contributed by atoms with E-state index in [1.165, 1.54) is 4.90 Å².